The van der Waals surface area contributed by atoms with E-state index in [0.717, 1.165) is 13.1 Å². The molecule has 0 aliphatic heterocycles. The van der Waals surface area contributed by atoms with Crippen LogP contribution in [0, 0.1) is 0 Å². The van der Waals surface area contributed by atoms with Gasteiger partial charge in [0, 0.05) is 18.7 Å². The predicted octanol–water partition coefficient (Wildman–Crippen LogP) is 2.29. The summed E-state index contributed by atoms with van der Waals surface area (Å²) in [4.78, 5) is 13.0. The fourth-order valence-corrected chi connectivity index (χ4v) is 0.967. The van der Waals surface area contributed by atoms with Crippen LogP contribution in [-0.4, -0.2) is 30.6 Å². The molecule has 0 amide bonds. The highest BCUT2D eigenvalue weighted by atomic mass is 16.5. The van der Waals surface area contributed by atoms with Gasteiger partial charge >= 0.3 is 5.97 Å². The molecule has 0 saturated heterocycles. The molecule has 0 aromatic heterocycles. The fourth-order valence-electron chi connectivity index (χ4n) is 0.967. The van der Waals surface area contributed by atoms with E-state index < -0.39 is 0 Å². The van der Waals surface area contributed by atoms with Gasteiger partial charge in [-0.25, -0.2) is 4.79 Å². The maximum absolute atomic E-state index is 11.0. The molecule has 0 fully saturated rings. The predicted molar refractivity (Wildman–Crippen MR) is 66.9 cm³/mol. The molecule has 3 nitrogen and oxygen atoms in total. The first-order valence-corrected chi connectivity index (χ1v) is 5.07. The number of esters is 1. The number of hydrogen-bond acceptors (Lipinski definition) is 3. The summed E-state index contributed by atoms with van der Waals surface area (Å²) >= 11 is 0. The van der Waals surface area contributed by atoms with Gasteiger partial charge in [-0.05, 0) is 19.2 Å². The van der Waals surface area contributed by atoms with Crippen LogP contribution in [-0.2, 0) is 9.53 Å². The van der Waals surface area contributed by atoms with Crippen LogP contribution in [0.5, 0.6) is 0 Å². The first kappa shape index (κ1) is 14.2. The van der Waals surface area contributed by atoms with E-state index in [4.69, 9.17) is 4.74 Å². The van der Waals surface area contributed by atoms with E-state index in [9.17, 15) is 4.79 Å². The summed E-state index contributed by atoms with van der Waals surface area (Å²) < 4.78 is 4.91. The molecule has 0 aliphatic carbocycles. The number of rotatable bonds is 8. The molecule has 0 unspecified atom stereocenters. The lowest BCUT2D eigenvalue weighted by atomic mass is 10.4. The molecule has 0 rings (SSSR count). The molecule has 0 aliphatic rings. The first-order valence-electron chi connectivity index (χ1n) is 5.07. The number of ether oxygens (including phenoxy) is 1. The van der Waals surface area contributed by atoms with Crippen molar-refractivity contribution in [2.45, 2.75) is 6.92 Å². The molecule has 0 spiro atoms. The largest absolute Gasteiger partial charge is 0.458 e. The molecule has 88 valence electrons. The van der Waals surface area contributed by atoms with E-state index in [2.05, 4.69) is 19.7 Å². The highest BCUT2D eigenvalue weighted by molar-refractivity contribution is 5.86. The molecule has 16 heavy (non-hydrogen) atoms. The maximum Gasteiger partial charge on any atom is 0.333 e. The molecular formula is C13H19NO2. The minimum Gasteiger partial charge on any atom is -0.458 e. The summed E-state index contributed by atoms with van der Waals surface area (Å²) in [6.45, 7) is 14.1. The third-order valence-electron chi connectivity index (χ3n) is 1.70. The number of hydrogen-bond donors (Lipinski definition) is 0. The average Bonchev–Trinajstić information content (AvgIpc) is 2.24. The first-order chi connectivity index (χ1) is 7.61. The smallest absolute Gasteiger partial charge is 0.333 e. The zero-order chi connectivity index (χ0) is 12.4. The Morgan fingerprint density at radius 3 is 2.31 bits per heavy atom. The molecule has 0 bridgehead atoms. The van der Waals surface area contributed by atoms with E-state index in [-0.39, 0.29) is 12.6 Å². The van der Waals surface area contributed by atoms with Crippen LogP contribution < -0.4 is 0 Å². The van der Waals surface area contributed by atoms with Crippen molar-refractivity contribution in [3.05, 3.63) is 49.7 Å². The normalized spacial score (nSPS) is 9.81. The SMILES string of the molecule is C=CCN(C=CCOC(=O)C(=C)C)CC=C. The summed E-state index contributed by atoms with van der Waals surface area (Å²) in [7, 11) is 0. The highest BCUT2D eigenvalue weighted by Crippen LogP contribution is 1.94. The zero-order valence-corrected chi connectivity index (χ0v) is 9.82. The van der Waals surface area contributed by atoms with E-state index >= 15 is 0 Å². The van der Waals surface area contributed by atoms with Crippen molar-refractivity contribution in [1.82, 2.24) is 4.90 Å². The Balaban J connectivity index is 3.95. The van der Waals surface area contributed by atoms with Crippen molar-refractivity contribution in [3.8, 4) is 0 Å². The quantitative estimate of drug-likeness (QED) is 0.358. The molecule has 0 saturated carbocycles. The summed E-state index contributed by atoms with van der Waals surface area (Å²) in [6, 6.07) is 0. The molecule has 3 heteroatoms. The van der Waals surface area contributed by atoms with Crippen LogP contribution in [0.1, 0.15) is 6.92 Å². The fraction of sp³-hybridized carbons (Fsp3) is 0.308. The van der Waals surface area contributed by atoms with Gasteiger partial charge in [0.15, 0.2) is 0 Å². The minimum atomic E-state index is -0.372. The third-order valence-corrected chi connectivity index (χ3v) is 1.70. The molecule has 0 radical (unpaired) electrons. The third kappa shape index (κ3) is 6.65. The van der Waals surface area contributed by atoms with Crippen molar-refractivity contribution in [2.24, 2.45) is 0 Å². The maximum atomic E-state index is 11.0. The number of nitrogens with zero attached hydrogens (tertiary/aromatic N) is 1. The van der Waals surface area contributed by atoms with E-state index in [1.165, 1.54) is 0 Å². The van der Waals surface area contributed by atoms with Crippen LogP contribution in [0.15, 0.2) is 49.7 Å². The second kappa shape index (κ2) is 8.53. The Hall–Kier alpha value is -1.77. The van der Waals surface area contributed by atoms with Crippen molar-refractivity contribution in [2.75, 3.05) is 19.7 Å². The second-order valence-corrected chi connectivity index (χ2v) is 3.29. The van der Waals surface area contributed by atoms with Crippen LogP contribution in [0.2, 0.25) is 0 Å². The van der Waals surface area contributed by atoms with Crippen LogP contribution in [0.4, 0.5) is 0 Å². The van der Waals surface area contributed by atoms with Gasteiger partial charge in [-0.1, -0.05) is 18.7 Å². The Bertz CT molecular complexity index is 282. The average molecular weight is 221 g/mol. The Labute approximate surface area is 97.4 Å². The van der Waals surface area contributed by atoms with Gasteiger partial charge in [0.1, 0.15) is 6.61 Å². The molecule has 0 heterocycles. The lowest BCUT2D eigenvalue weighted by molar-refractivity contribution is -0.137. The van der Waals surface area contributed by atoms with Crippen molar-refractivity contribution >= 4 is 5.97 Å². The summed E-state index contributed by atoms with van der Waals surface area (Å²) in [5, 5.41) is 0. The van der Waals surface area contributed by atoms with E-state index in [1.54, 1.807) is 25.2 Å². The topological polar surface area (TPSA) is 29.5 Å². The Kier molecular flexibility index (Phi) is 7.59. The van der Waals surface area contributed by atoms with Gasteiger partial charge < -0.3 is 9.64 Å². The van der Waals surface area contributed by atoms with Gasteiger partial charge in [0.2, 0.25) is 0 Å². The number of carbonyl (C=O) groups excluding carboxylic acids is 1. The molecular weight excluding hydrogens is 202 g/mol. The summed E-state index contributed by atoms with van der Waals surface area (Å²) in [5.74, 6) is -0.372. The van der Waals surface area contributed by atoms with Crippen LogP contribution >= 0.6 is 0 Å². The lowest BCUT2D eigenvalue weighted by Gasteiger charge is -2.15. The van der Waals surface area contributed by atoms with Gasteiger partial charge in [0.25, 0.3) is 0 Å². The summed E-state index contributed by atoms with van der Waals surface area (Å²) in [5.41, 5.74) is 0.405. The van der Waals surface area contributed by atoms with Crippen molar-refractivity contribution in [3.63, 3.8) is 0 Å². The molecule has 0 aromatic rings. The van der Waals surface area contributed by atoms with E-state index in [0.29, 0.717) is 5.57 Å². The zero-order valence-electron chi connectivity index (χ0n) is 9.82. The number of carbonyl (C=O) groups is 1. The Morgan fingerprint density at radius 2 is 1.88 bits per heavy atom. The van der Waals surface area contributed by atoms with E-state index in [1.807, 2.05) is 11.1 Å². The lowest BCUT2D eigenvalue weighted by Crippen LogP contribution is -2.17. The van der Waals surface area contributed by atoms with Crippen molar-refractivity contribution < 1.29 is 9.53 Å². The summed E-state index contributed by atoms with van der Waals surface area (Å²) in [6.07, 6.45) is 7.23. The van der Waals surface area contributed by atoms with Gasteiger partial charge in [-0.3, -0.25) is 0 Å². The molecule has 0 N–H and O–H groups in total. The molecule has 0 aromatic carbocycles. The van der Waals surface area contributed by atoms with Crippen LogP contribution in [0.3, 0.4) is 0 Å². The highest BCUT2D eigenvalue weighted by Gasteiger charge is 2.00. The molecule has 0 atom stereocenters. The second-order valence-electron chi connectivity index (χ2n) is 3.29. The van der Waals surface area contributed by atoms with Crippen LogP contribution in [0.25, 0.3) is 0 Å². The van der Waals surface area contributed by atoms with Crippen molar-refractivity contribution in [1.29, 1.82) is 0 Å². The standard InChI is InChI=1S/C13H19NO2/c1-5-8-14(9-6-2)10-7-11-16-13(15)12(3)4/h5-7,10H,1-3,8-9,11H2,4H3. The van der Waals surface area contributed by atoms with Gasteiger partial charge in [-0.2, -0.15) is 0 Å². The monoisotopic (exact) mass is 221 g/mol. The Morgan fingerprint density at radius 1 is 1.31 bits per heavy atom. The minimum absolute atomic E-state index is 0.247. The van der Waals surface area contributed by atoms with Gasteiger partial charge in [0.05, 0.1) is 0 Å². The van der Waals surface area contributed by atoms with Gasteiger partial charge in [-0.15, -0.1) is 13.2 Å².